The molecule has 4 aromatic rings. The Labute approximate surface area is 166 Å². The molecule has 1 aliphatic heterocycles. The molecule has 0 amide bonds. The van der Waals surface area contributed by atoms with Gasteiger partial charge in [-0.2, -0.15) is 0 Å². The van der Waals surface area contributed by atoms with Gasteiger partial charge in [0.1, 0.15) is 22.5 Å². The van der Waals surface area contributed by atoms with E-state index in [1.807, 2.05) is 18.3 Å². The second kappa shape index (κ2) is 7.57. The Kier molecular flexibility index (Phi) is 4.64. The lowest BCUT2D eigenvalue weighted by Gasteiger charge is -2.14. The summed E-state index contributed by atoms with van der Waals surface area (Å²) < 4.78 is 0. The smallest absolute Gasteiger partial charge is 0.190 e. The molecule has 8 heteroatoms. The van der Waals surface area contributed by atoms with E-state index in [0.717, 1.165) is 39.1 Å². The van der Waals surface area contributed by atoms with E-state index in [9.17, 15) is 0 Å². The summed E-state index contributed by atoms with van der Waals surface area (Å²) >= 11 is 1.52. The maximum absolute atomic E-state index is 4.70. The Morgan fingerprint density at radius 1 is 1.04 bits per heavy atom. The van der Waals surface area contributed by atoms with Crippen LogP contribution in [0.3, 0.4) is 0 Å². The highest BCUT2D eigenvalue weighted by Gasteiger charge is 2.13. The molecule has 0 atom stereocenters. The molecule has 28 heavy (non-hydrogen) atoms. The van der Waals surface area contributed by atoms with E-state index < -0.39 is 0 Å². The summed E-state index contributed by atoms with van der Waals surface area (Å²) in [5.41, 5.74) is 3.86. The molecule has 1 N–H and O–H groups in total. The van der Waals surface area contributed by atoms with Gasteiger partial charge >= 0.3 is 0 Å². The Morgan fingerprint density at radius 3 is 2.75 bits per heavy atom. The molecule has 0 aliphatic carbocycles. The van der Waals surface area contributed by atoms with Crippen molar-refractivity contribution >= 4 is 32.6 Å². The van der Waals surface area contributed by atoms with Crippen LogP contribution in [0.5, 0.6) is 0 Å². The minimum absolute atomic E-state index is 0.787. The van der Waals surface area contributed by atoms with Crippen LogP contribution in [0.1, 0.15) is 18.4 Å². The van der Waals surface area contributed by atoms with Crippen LogP contribution in [0, 0.1) is 0 Å². The number of nitrogens with one attached hydrogen (secondary N) is 1. The van der Waals surface area contributed by atoms with E-state index in [2.05, 4.69) is 42.3 Å². The lowest BCUT2D eigenvalue weighted by atomic mass is 10.2. The molecule has 1 fully saturated rings. The Balaban J connectivity index is 1.36. The molecule has 0 bridgehead atoms. The fourth-order valence-corrected chi connectivity index (χ4v) is 4.26. The van der Waals surface area contributed by atoms with Crippen molar-refractivity contribution < 1.29 is 0 Å². The van der Waals surface area contributed by atoms with Crippen molar-refractivity contribution in [3.05, 3.63) is 54.7 Å². The summed E-state index contributed by atoms with van der Waals surface area (Å²) in [4.78, 5) is 25.3. The van der Waals surface area contributed by atoms with E-state index in [1.165, 1.54) is 49.2 Å². The Morgan fingerprint density at radius 2 is 1.89 bits per heavy atom. The van der Waals surface area contributed by atoms with Crippen LogP contribution in [0.15, 0.2) is 49.2 Å². The van der Waals surface area contributed by atoms with Gasteiger partial charge in [-0.1, -0.05) is 11.3 Å². The molecule has 0 radical (unpaired) electrons. The maximum Gasteiger partial charge on any atom is 0.190 e. The summed E-state index contributed by atoms with van der Waals surface area (Å²) in [6, 6.07) is 8.10. The van der Waals surface area contributed by atoms with Crippen LogP contribution in [-0.4, -0.2) is 42.9 Å². The van der Waals surface area contributed by atoms with Crippen molar-refractivity contribution in [1.82, 2.24) is 29.8 Å². The van der Waals surface area contributed by atoms with Crippen LogP contribution in [0.2, 0.25) is 0 Å². The first kappa shape index (κ1) is 17.2. The molecule has 5 heterocycles. The molecule has 140 valence electrons. The number of likely N-dealkylation sites (tertiary alicyclic amines) is 1. The first-order chi connectivity index (χ1) is 13.8. The average molecular weight is 389 g/mol. The first-order valence-electron chi connectivity index (χ1n) is 9.31. The van der Waals surface area contributed by atoms with E-state index in [1.54, 1.807) is 12.4 Å². The molecule has 0 unspecified atom stereocenters. The van der Waals surface area contributed by atoms with E-state index in [4.69, 9.17) is 4.98 Å². The molecule has 0 saturated carbocycles. The van der Waals surface area contributed by atoms with Gasteiger partial charge in [0, 0.05) is 30.7 Å². The molecule has 0 aromatic carbocycles. The van der Waals surface area contributed by atoms with Crippen molar-refractivity contribution in [2.75, 3.05) is 18.4 Å². The minimum atomic E-state index is 0.787. The zero-order valence-electron chi connectivity index (χ0n) is 15.2. The van der Waals surface area contributed by atoms with Crippen molar-refractivity contribution in [2.24, 2.45) is 0 Å². The SMILES string of the molecule is c1ncc(-c2ccc3nc(Nc4cc(CN5CCCC5)ccn4)sc3n2)cn1. The molecule has 1 aliphatic rings. The second-order valence-corrected chi connectivity index (χ2v) is 7.80. The van der Waals surface area contributed by atoms with Gasteiger partial charge in [0.15, 0.2) is 5.13 Å². The molecule has 4 aromatic heterocycles. The van der Waals surface area contributed by atoms with Gasteiger partial charge in [0.2, 0.25) is 0 Å². The fourth-order valence-electron chi connectivity index (χ4n) is 3.41. The fraction of sp³-hybridized carbons (Fsp3) is 0.250. The predicted molar refractivity (Wildman–Crippen MR) is 110 cm³/mol. The van der Waals surface area contributed by atoms with Crippen LogP contribution in [0.25, 0.3) is 21.6 Å². The number of pyridine rings is 2. The van der Waals surface area contributed by atoms with E-state index in [-0.39, 0.29) is 0 Å². The third kappa shape index (κ3) is 3.69. The largest absolute Gasteiger partial charge is 0.316 e. The van der Waals surface area contributed by atoms with Crippen molar-refractivity contribution in [1.29, 1.82) is 0 Å². The topological polar surface area (TPSA) is 79.7 Å². The minimum Gasteiger partial charge on any atom is -0.316 e. The van der Waals surface area contributed by atoms with Crippen molar-refractivity contribution in [3.8, 4) is 11.3 Å². The molecule has 5 rings (SSSR count). The number of thiazole rings is 1. The number of fused-ring (bicyclic) bond motifs is 1. The third-order valence-electron chi connectivity index (χ3n) is 4.78. The standard InChI is InChI=1S/C20H19N7S/c1-2-8-27(7-1)12-14-5-6-23-18(9-14)26-20-25-17-4-3-16(24-19(17)28-20)15-10-21-13-22-11-15/h3-6,9-11,13H,1-2,7-8,12H2,(H,23,25,26). The number of anilines is 2. The highest BCUT2D eigenvalue weighted by molar-refractivity contribution is 7.21. The van der Waals surface area contributed by atoms with Gasteiger partial charge in [0.05, 0.1) is 5.69 Å². The van der Waals surface area contributed by atoms with Gasteiger partial charge in [0.25, 0.3) is 0 Å². The monoisotopic (exact) mass is 389 g/mol. The zero-order valence-corrected chi connectivity index (χ0v) is 16.1. The van der Waals surface area contributed by atoms with Crippen LogP contribution >= 0.6 is 11.3 Å². The van der Waals surface area contributed by atoms with Crippen LogP contribution in [0.4, 0.5) is 10.9 Å². The second-order valence-electron chi connectivity index (χ2n) is 6.82. The predicted octanol–water partition coefficient (Wildman–Crippen LogP) is 3.88. The van der Waals surface area contributed by atoms with Gasteiger partial charge in [-0.3, -0.25) is 4.90 Å². The molecule has 1 saturated heterocycles. The van der Waals surface area contributed by atoms with Crippen LogP contribution in [-0.2, 0) is 6.54 Å². The zero-order chi connectivity index (χ0) is 18.8. The summed E-state index contributed by atoms with van der Waals surface area (Å²) in [6.07, 6.45) is 9.49. The molecular weight excluding hydrogens is 370 g/mol. The Hall–Kier alpha value is -2.97. The lowest BCUT2D eigenvalue weighted by Crippen LogP contribution is -2.18. The van der Waals surface area contributed by atoms with Gasteiger partial charge in [-0.05, 0) is 55.8 Å². The molecule has 7 nitrogen and oxygen atoms in total. The van der Waals surface area contributed by atoms with Crippen LogP contribution < -0.4 is 5.32 Å². The number of nitrogens with zero attached hydrogens (tertiary/aromatic N) is 6. The number of rotatable bonds is 5. The number of hydrogen-bond donors (Lipinski definition) is 1. The summed E-state index contributed by atoms with van der Waals surface area (Å²) in [7, 11) is 0. The highest BCUT2D eigenvalue weighted by Crippen LogP contribution is 2.29. The molecular formula is C20H19N7S. The maximum atomic E-state index is 4.70. The average Bonchev–Trinajstić information content (AvgIpc) is 3.37. The lowest BCUT2D eigenvalue weighted by molar-refractivity contribution is 0.331. The third-order valence-corrected chi connectivity index (χ3v) is 5.66. The first-order valence-corrected chi connectivity index (χ1v) is 10.1. The number of aromatic nitrogens is 5. The van der Waals surface area contributed by atoms with E-state index in [0.29, 0.717) is 0 Å². The van der Waals surface area contributed by atoms with Gasteiger partial charge < -0.3 is 5.32 Å². The summed E-state index contributed by atoms with van der Waals surface area (Å²) in [6.45, 7) is 3.34. The van der Waals surface area contributed by atoms with Gasteiger partial charge in [-0.25, -0.2) is 24.9 Å². The van der Waals surface area contributed by atoms with Crippen molar-refractivity contribution in [3.63, 3.8) is 0 Å². The van der Waals surface area contributed by atoms with Crippen molar-refractivity contribution in [2.45, 2.75) is 19.4 Å². The van der Waals surface area contributed by atoms with E-state index >= 15 is 0 Å². The van der Waals surface area contributed by atoms with Gasteiger partial charge in [-0.15, -0.1) is 0 Å². The highest BCUT2D eigenvalue weighted by atomic mass is 32.1. The number of hydrogen-bond acceptors (Lipinski definition) is 8. The quantitative estimate of drug-likeness (QED) is 0.555. The summed E-state index contributed by atoms with van der Waals surface area (Å²) in [5.74, 6) is 0.812. The Bertz CT molecular complexity index is 1090. The normalized spacial score (nSPS) is 14.6. The summed E-state index contributed by atoms with van der Waals surface area (Å²) in [5, 5.41) is 4.12. The molecule has 0 spiro atoms.